The molecule has 0 aliphatic carbocycles. The van der Waals surface area contributed by atoms with Gasteiger partial charge in [-0.3, -0.25) is 9.59 Å². The Kier molecular flexibility index (Phi) is 7.29. The van der Waals surface area contributed by atoms with Crippen LogP contribution in [0.4, 0.5) is 5.69 Å². The van der Waals surface area contributed by atoms with E-state index in [4.69, 9.17) is 9.84 Å². The number of ether oxygens (including phenoxy) is 1. The van der Waals surface area contributed by atoms with E-state index in [-0.39, 0.29) is 18.9 Å². The third kappa shape index (κ3) is 5.85. The van der Waals surface area contributed by atoms with E-state index in [1.165, 1.54) is 4.90 Å². The van der Waals surface area contributed by atoms with Crippen LogP contribution < -0.4 is 9.64 Å². The highest BCUT2D eigenvalue weighted by Gasteiger charge is 2.15. The van der Waals surface area contributed by atoms with E-state index >= 15 is 0 Å². The molecule has 0 aromatic heterocycles. The lowest BCUT2D eigenvalue weighted by atomic mass is 10.2. The molecule has 0 aliphatic rings. The maximum absolute atomic E-state index is 11.9. The number of hydrogen-bond donors (Lipinski definition) is 1. The highest BCUT2D eigenvalue weighted by molar-refractivity contribution is 5.93. The first-order chi connectivity index (χ1) is 10.1. The average molecular weight is 293 g/mol. The molecule has 0 saturated heterocycles. The van der Waals surface area contributed by atoms with Crippen LogP contribution in [0.15, 0.2) is 24.3 Å². The molecule has 1 rings (SSSR count). The van der Waals surface area contributed by atoms with Crippen LogP contribution in [0.3, 0.4) is 0 Å². The number of carboxylic acid groups (broad SMARTS) is 1. The second-order valence-corrected chi connectivity index (χ2v) is 4.74. The Morgan fingerprint density at radius 1 is 1.19 bits per heavy atom. The van der Waals surface area contributed by atoms with Gasteiger partial charge in [0, 0.05) is 18.7 Å². The molecule has 0 aliphatic heterocycles. The van der Waals surface area contributed by atoms with Gasteiger partial charge in [-0.05, 0) is 30.7 Å². The number of carbonyl (C=O) groups is 2. The van der Waals surface area contributed by atoms with Gasteiger partial charge in [-0.25, -0.2) is 0 Å². The fourth-order valence-electron chi connectivity index (χ4n) is 1.85. The lowest BCUT2D eigenvalue weighted by Gasteiger charge is -2.22. The third-order valence-corrected chi connectivity index (χ3v) is 3.07. The molecule has 116 valence electrons. The van der Waals surface area contributed by atoms with Gasteiger partial charge in [0.05, 0.1) is 13.0 Å². The predicted molar refractivity (Wildman–Crippen MR) is 81.7 cm³/mol. The Bertz CT molecular complexity index is 456. The van der Waals surface area contributed by atoms with Crippen LogP contribution in [0.25, 0.3) is 0 Å². The second-order valence-electron chi connectivity index (χ2n) is 4.74. The molecule has 0 atom stereocenters. The number of amides is 1. The molecule has 1 amide bonds. The second kappa shape index (κ2) is 9.00. The molecule has 1 aromatic rings. The van der Waals surface area contributed by atoms with E-state index < -0.39 is 5.97 Å². The van der Waals surface area contributed by atoms with Crippen molar-refractivity contribution in [1.29, 1.82) is 0 Å². The molecular weight excluding hydrogens is 270 g/mol. The number of nitrogens with zero attached hydrogens (tertiary/aromatic N) is 1. The predicted octanol–water partition coefficient (Wildman–Crippen LogP) is 3.08. The standard InChI is InChI=1S/C16H23NO4/c1-3-5-12-21-14-8-6-13(7-9-14)17(15(18)4-2)11-10-16(19)20/h6-9H,3-5,10-12H2,1-2H3,(H,19,20). The fraction of sp³-hybridized carbons (Fsp3) is 0.500. The monoisotopic (exact) mass is 293 g/mol. The number of anilines is 1. The largest absolute Gasteiger partial charge is 0.494 e. The van der Waals surface area contributed by atoms with Crippen molar-refractivity contribution in [3.63, 3.8) is 0 Å². The van der Waals surface area contributed by atoms with Crippen molar-refractivity contribution in [2.75, 3.05) is 18.1 Å². The molecular formula is C16H23NO4. The van der Waals surface area contributed by atoms with Crippen molar-refractivity contribution >= 4 is 17.6 Å². The first-order valence-corrected chi connectivity index (χ1v) is 7.33. The maximum Gasteiger partial charge on any atom is 0.305 e. The number of carbonyl (C=O) groups excluding carboxylic acids is 1. The molecule has 0 heterocycles. The Hall–Kier alpha value is -2.04. The normalized spacial score (nSPS) is 10.2. The van der Waals surface area contributed by atoms with Crippen molar-refractivity contribution in [3.8, 4) is 5.75 Å². The summed E-state index contributed by atoms with van der Waals surface area (Å²) < 4.78 is 5.57. The van der Waals surface area contributed by atoms with Gasteiger partial charge in [0.15, 0.2) is 0 Å². The summed E-state index contributed by atoms with van der Waals surface area (Å²) in [7, 11) is 0. The van der Waals surface area contributed by atoms with Crippen molar-refractivity contribution in [2.45, 2.75) is 39.5 Å². The van der Waals surface area contributed by atoms with Gasteiger partial charge >= 0.3 is 5.97 Å². The van der Waals surface area contributed by atoms with Crippen molar-refractivity contribution in [3.05, 3.63) is 24.3 Å². The highest BCUT2D eigenvalue weighted by Crippen LogP contribution is 2.20. The molecule has 0 bridgehead atoms. The first kappa shape index (κ1) is 17.0. The van der Waals surface area contributed by atoms with Crippen LogP contribution in [0.5, 0.6) is 5.75 Å². The van der Waals surface area contributed by atoms with Crippen LogP contribution in [0.1, 0.15) is 39.5 Å². The van der Waals surface area contributed by atoms with Gasteiger partial charge in [-0.1, -0.05) is 20.3 Å². The summed E-state index contributed by atoms with van der Waals surface area (Å²) in [4.78, 5) is 24.1. The van der Waals surface area contributed by atoms with Gasteiger partial charge in [-0.2, -0.15) is 0 Å². The summed E-state index contributed by atoms with van der Waals surface area (Å²) >= 11 is 0. The quantitative estimate of drug-likeness (QED) is 0.710. The van der Waals surface area contributed by atoms with Gasteiger partial charge in [0.25, 0.3) is 0 Å². The van der Waals surface area contributed by atoms with Gasteiger partial charge < -0.3 is 14.7 Å². The van der Waals surface area contributed by atoms with Crippen molar-refractivity contribution in [1.82, 2.24) is 0 Å². The van der Waals surface area contributed by atoms with Gasteiger partial charge in [-0.15, -0.1) is 0 Å². The van der Waals surface area contributed by atoms with E-state index in [0.717, 1.165) is 18.6 Å². The molecule has 1 aromatic carbocycles. The number of aliphatic carboxylic acids is 1. The maximum atomic E-state index is 11.9. The Balaban J connectivity index is 2.73. The van der Waals surface area contributed by atoms with Gasteiger partial charge in [0.1, 0.15) is 5.75 Å². The number of carboxylic acids is 1. The summed E-state index contributed by atoms with van der Waals surface area (Å²) in [6, 6.07) is 7.19. The zero-order valence-corrected chi connectivity index (χ0v) is 12.7. The van der Waals surface area contributed by atoms with Crippen LogP contribution in [-0.2, 0) is 9.59 Å². The molecule has 0 spiro atoms. The summed E-state index contributed by atoms with van der Waals surface area (Å²) in [5, 5.41) is 8.77. The van der Waals surface area contributed by atoms with Crippen LogP contribution in [0, 0.1) is 0 Å². The molecule has 1 N–H and O–H groups in total. The molecule has 0 saturated carbocycles. The van der Waals surface area contributed by atoms with Crippen LogP contribution in [0.2, 0.25) is 0 Å². The summed E-state index contributed by atoms with van der Waals surface area (Å²) in [5.74, 6) is -0.242. The number of unbranched alkanes of at least 4 members (excludes halogenated alkanes) is 1. The number of hydrogen-bond acceptors (Lipinski definition) is 3. The SMILES string of the molecule is CCCCOc1ccc(N(CCC(=O)O)C(=O)CC)cc1. The Morgan fingerprint density at radius 2 is 1.86 bits per heavy atom. The summed E-state index contributed by atoms with van der Waals surface area (Å²) in [6.07, 6.45) is 2.35. The molecule has 5 heteroatoms. The van der Waals surface area contributed by atoms with Crippen molar-refractivity contribution < 1.29 is 19.4 Å². The average Bonchev–Trinajstić information content (AvgIpc) is 2.48. The zero-order chi connectivity index (χ0) is 15.7. The van der Waals surface area contributed by atoms with Gasteiger partial charge in [0.2, 0.25) is 5.91 Å². The minimum absolute atomic E-state index is 0.0690. The van der Waals surface area contributed by atoms with Crippen LogP contribution >= 0.6 is 0 Å². The molecule has 0 fully saturated rings. The van der Waals surface area contributed by atoms with E-state index in [1.807, 2.05) is 12.1 Å². The molecule has 21 heavy (non-hydrogen) atoms. The van der Waals surface area contributed by atoms with Crippen LogP contribution in [-0.4, -0.2) is 30.1 Å². The minimum atomic E-state index is -0.913. The van der Waals surface area contributed by atoms with E-state index in [2.05, 4.69) is 6.92 Å². The fourth-order valence-corrected chi connectivity index (χ4v) is 1.85. The first-order valence-electron chi connectivity index (χ1n) is 7.33. The van der Waals surface area contributed by atoms with E-state index in [9.17, 15) is 9.59 Å². The highest BCUT2D eigenvalue weighted by atomic mass is 16.5. The Labute approximate surface area is 125 Å². The number of rotatable bonds is 9. The lowest BCUT2D eigenvalue weighted by molar-refractivity contribution is -0.136. The zero-order valence-electron chi connectivity index (χ0n) is 12.7. The minimum Gasteiger partial charge on any atom is -0.494 e. The Morgan fingerprint density at radius 3 is 2.38 bits per heavy atom. The van der Waals surface area contributed by atoms with E-state index in [1.54, 1.807) is 19.1 Å². The summed E-state index contributed by atoms with van der Waals surface area (Å²) in [6.45, 7) is 4.71. The molecule has 5 nitrogen and oxygen atoms in total. The smallest absolute Gasteiger partial charge is 0.305 e. The molecule has 0 unspecified atom stereocenters. The summed E-state index contributed by atoms with van der Waals surface area (Å²) in [5.41, 5.74) is 0.700. The van der Waals surface area contributed by atoms with E-state index in [0.29, 0.717) is 18.7 Å². The van der Waals surface area contributed by atoms with Crippen molar-refractivity contribution in [2.24, 2.45) is 0 Å². The molecule has 0 radical (unpaired) electrons. The topological polar surface area (TPSA) is 66.8 Å². The number of benzene rings is 1. The lowest BCUT2D eigenvalue weighted by Crippen LogP contribution is -2.32. The third-order valence-electron chi connectivity index (χ3n) is 3.07.